The molecule has 0 saturated carbocycles. The number of nitrogens with two attached hydrogens (primary N) is 1. The number of aromatic nitrogens is 3. The summed E-state index contributed by atoms with van der Waals surface area (Å²) in [5.74, 6) is -1.49. The number of amides is 1. The van der Waals surface area contributed by atoms with Crippen LogP contribution in [0.2, 0.25) is 0 Å². The zero-order chi connectivity index (χ0) is 27.3. The summed E-state index contributed by atoms with van der Waals surface area (Å²) in [6.45, 7) is 6.98. The van der Waals surface area contributed by atoms with Gasteiger partial charge in [-0.05, 0) is 23.6 Å². The van der Waals surface area contributed by atoms with Crippen LogP contribution in [-0.2, 0) is 26.4 Å². The van der Waals surface area contributed by atoms with Gasteiger partial charge < -0.3 is 20.2 Å². The van der Waals surface area contributed by atoms with E-state index in [1.54, 1.807) is 38.5 Å². The van der Waals surface area contributed by atoms with Gasteiger partial charge in [0.25, 0.3) is 0 Å². The summed E-state index contributed by atoms with van der Waals surface area (Å²) in [6.07, 6.45) is 1.94. The summed E-state index contributed by atoms with van der Waals surface area (Å²) in [4.78, 5) is 26.7. The van der Waals surface area contributed by atoms with Crippen LogP contribution in [0, 0.1) is 5.92 Å². The number of morpholine rings is 1. The first kappa shape index (κ1) is 28.0. The Hall–Kier alpha value is -3.06. The Morgan fingerprint density at radius 3 is 2.68 bits per heavy atom. The molecule has 4 N–H and O–H groups in total. The SMILES string of the molecule is CC(C)[C@@](NCC(F)(F)F)(C(N)=O)c1cncc(-c2c[nH]c3ncc(COCCN4CCOCC4)cc23)c1. The molecule has 0 spiro atoms. The number of hydrogen-bond donors (Lipinski definition) is 3. The standard InChI is InChI=1S/C26H33F3N6O3/c1-17(2)26(24(30)36,34-16-25(27,28)29)20-10-19(12-31-13-20)22-14-33-23-21(22)9-18(11-32-23)15-38-8-5-35-3-6-37-7-4-35/h9-14,17,34H,3-8,15-16H2,1-2H3,(H2,30,36)(H,32,33)/t26-/m0/s1. The Balaban J connectivity index is 1.57. The van der Waals surface area contributed by atoms with Crippen molar-refractivity contribution in [1.82, 2.24) is 25.2 Å². The molecular weight excluding hydrogens is 501 g/mol. The molecule has 38 heavy (non-hydrogen) atoms. The fraction of sp³-hybridized carbons (Fsp3) is 0.500. The first-order chi connectivity index (χ1) is 18.1. The highest BCUT2D eigenvalue weighted by Crippen LogP contribution is 2.35. The minimum Gasteiger partial charge on any atom is -0.379 e. The topological polar surface area (TPSA) is 118 Å². The molecule has 3 aromatic rings. The van der Waals surface area contributed by atoms with Gasteiger partial charge in [-0.3, -0.25) is 20.0 Å². The number of alkyl halides is 3. The number of H-pyrrole nitrogens is 1. The summed E-state index contributed by atoms with van der Waals surface area (Å²) in [6, 6.07) is 3.61. The Labute approximate surface area is 218 Å². The second-order valence-electron chi connectivity index (χ2n) is 9.71. The summed E-state index contributed by atoms with van der Waals surface area (Å²) in [5.41, 5.74) is 7.06. The number of primary amides is 1. The van der Waals surface area contributed by atoms with E-state index in [9.17, 15) is 18.0 Å². The predicted octanol–water partition coefficient (Wildman–Crippen LogP) is 2.96. The van der Waals surface area contributed by atoms with Gasteiger partial charge >= 0.3 is 6.18 Å². The molecule has 3 aromatic heterocycles. The maximum Gasteiger partial charge on any atom is 0.401 e. The van der Waals surface area contributed by atoms with Gasteiger partial charge in [-0.25, -0.2) is 4.98 Å². The van der Waals surface area contributed by atoms with Crippen molar-refractivity contribution < 1.29 is 27.4 Å². The zero-order valence-electron chi connectivity index (χ0n) is 21.5. The lowest BCUT2D eigenvalue weighted by Gasteiger charge is -2.36. The van der Waals surface area contributed by atoms with Crippen molar-refractivity contribution in [3.8, 4) is 11.1 Å². The second kappa shape index (κ2) is 11.8. The maximum absolute atomic E-state index is 13.1. The Kier molecular flexibility index (Phi) is 8.66. The van der Waals surface area contributed by atoms with Crippen LogP contribution in [0.1, 0.15) is 25.0 Å². The Morgan fingerprint density at radius 1 is 1.24 bits per heavy atom. The van der Waals surface area contributed by atoms with Gasteiger partial charge in [0.2, 0.25) is 5.91 Å². The van der Waals surface area contributed by atoms with Crippen LogP contribution in [0.4, 0.5) is 13.2 Å². The van der Waals surface area contributed by atoms with E-state index in [0.29, 0.717) is 24.4 Å². The average molecular weight is 535 g/mol. The number of ether oxygens (including phenoxy) is 2. The molecule has 1 amide bonds. The third kappa shape index (κ3) is 6.32. The molecule has 206 valence electrons. The van der Waals surface area contributed by atoms with Gasteiger partial charge in [0.05, 0.1) is 33.0 Å². The van der Waals surface area contributed by atoms with E-state index in [2.05, 4.69) is 25.2 Å². The smallest absolute Gasteiger partial charge is 0.379 e. The maximum atomic E-state index is 13.1. The molecule has 1 aliphatic heterocycles. The highest BCUT2D eigenvalue weighted by Gasteiger charge is 2.44. The summed E-state index contributed by atoms with van der Waals surface area (Å²) in [5, 5.41) is 3.17. The van der Waals surface area contributed by atoms with Crippen LogP contribution in [0.25, 0.3) is 22.2 Å². The Bertz CT molecular complexity index is 1240. The van der Waals surface area contributed by atoms with Crippen LogP contribution in [0.15, 0.2) is 36.9 Å². The number of rotatable bonds is 11. The third-order valence-electron chi connectivity index (χ3n) is 6.84. The number of fused-ring (bicyclic) bond motifs is 1. The molecule has 0 aliphatic carbocycles. The van der Waals surface area contributed by atoms with E-state index in [4.69, 9.17) is 15.2 Å². The van der Waals surface area contributed by atoms with Crippen LogP contribution < -0.4 is 11.1 Å². The van der Waals surface area contributed by atoms with Crippen LogP contribution in [0.5, 0.6) is 0 Å². The normalized spacial score (nSPS) is 16.7. The van der Waals surface area contributed by atoms with E-state index in [1.807, 2.05) is 6.07 Å². The zero-order valence-corrected chi connectivity index (χ0v) is 21.5. The number of halogens is 3. The largest absolute Gasteiger partial charge is 0.401 e. The van der Waals surface area contributed by atoms with E-state index in [1.165, 1.54) is 6.20 Å². The lowest BCUT2D eigenvalue weighted by molar-refractivity contribution is -0.139. The first-order valence-corrected chi connectivity index (χ1v) is 12.5. The molecule has 1 fully saturated rings. The molecule has 1 atom stereocenters. The molecule has 4 rings (SSSR count). The van der Waals surface area contributed by atoms with Crippen molar-refractivity contribution in [3.63, 3.8) is 0 Å². The molecule has 0 radical (unpaired) electrons. The number of carbonyl (C=O) groups is 1. The van der Waals surface area contributed by atoms with Crippen molar-refractivity contribution in [3.05, 3.63) is 48.0 Å². The predicted molar refractivity (Wildman–Crippen MR) is 136 cm³/mol. The first-order valence-electron chi connectivity index (χ1n) is 12.5. The minimum absolute atomic E-state index is 0.256. The quantitative estimate of drug-likeness (QED) is 0.324. The number of nitrogens with one attached hydrogen (secondary N) is 2. The minimum atomic E-state index is -4.52. The molecule has 0 unspecified atom stereocenters. The number of hydrogen-bond acceptors (Lipinski definition) is 7. The van der Waals surface area contributed by atoms with Gasteiger partial charge in [0.1, 0.15) is 11.2 Å². The highest BCUT2D eigenvalue weighted by molar-refractivity contribution is 5.94. The lowest BCUT2D eigenvalue weighted by atomic mass is 9.79. The molecule has 1 aliphatic rings. The van der Waals surface area contributed by atoms with Crippen molar-refractivity contribution in [1.29, 1.82) is 0 Å². The van der Waals surface area contributed by atoms with E-state index in [0.717, 1.165) is 49.4 Å². The summed E-state index contributed by atoms with van der Waals surface area (Å²) >= 11 is 0. The fourth-order valence-corrected chi connectivity index (χ4v) is 4.77. The van der Waals surface area contributed by atoms with Crippen LogP contribution in [0.3, 0.4) is 0 Å². The van der Waals surface area contributed by atoms with E-state index < -0.39 is 30.1 Å². The average Bonchev–Trinajstić information content (AvgIpc) is 3.30. The van der Waals surface area contributed by atoms with Gasteiger partial charge in [-0.1, -0.05) is 13.8 Å². The molecule has 1 saturated heterocycles. The number of nitrogens with zero attached hydrogens (tertiary/aromatic N) is 3. The molecule has 9 nitrogen and oxygen atoms in total. The highest BCUT2D eigenvalue weighted by atomic mass is 19.4. The van der Waals surface area contributed by atoms with Gasteiger partial charge in [0.15, 0.2) is 0 Å². The summed E-state index contributed by atoms with van der Waals surface area (Å²) < 4.78 is 50.5. The van der Waals surface area contributed by atoms with E-state index >= 15 is 0 Å². The van der Waals surface area contributed by atoms with Crippen molar-refractivity contribution >= 4 is 16.9 Å². The molecular formula is C26H33F3N6O3. The van der Waals surface area contributed by atoms with Crippen molar-refractivity contribution in [2.75, 3.05) is 46.0 Å². The van der Waals surface area contributed by atoms with Gasteiger partial charge in [-0.2, -0.15) is 13.2 Å². The van der Waals surface area contributed by atoms with Crippen LogP contribution >= 0.6 is 0 Å². The van der Waals surface area contributed by atoms with Crippen molar-refractivity contribution in [2.45, 2.75) is 32.2 Å². The van der Waals surface area contributed by atoms with E-state index in [-0.39, 0.29) is 5.56 Å². The van der Waals surface area contributed by atoms with Gasteiger partial charge in [0, 0.05) is 66.5 Å². The molecule has 12 heteroatoms. The second-order valence-corrected chi connectivity index (χ2v) is 9.71. The molecule has 4 heterocycles. The third-order valence-corrected chi connectivity index (χ3v) is 6.84. The number of carbonyl (C=O) groups excluding carboxylic acids is 1. The van der Waals surface area contributed by atoms with Gasteiger partial charge in [-0.15, -0.1) is 0 Å². The van der Waals surface area contributed by atoms with Crippen molar-refractivity contribution in [2.24, 2.45) is 11.7 Å². The number of pyridine rings is 2. The monoisotopic (exact) mass is 534 g/mol. The lowest BCUT2D eigenvalue weighted by Crippen LogP contribution is -2.58. The summed E-state index contributed by atoms with van der Waals surface area (Å²) in [7, 11) is 0. The fourth-order valence-electron chi connectivity index (χ4n) is 4.77. The number of aromatic amines is 1. The Morgan fingerprint density at radius 2 is 2.00 bits per heavy atom. The van der Waals surface area contributed by atoms with Crippen LogP contribution in [-0.4, -0.2) is 77.9 Å². The molecule has 0 bridgehead atoms. The molecule has 0 aromatic carbocycles.